The first-order valence-corrected chi connectivity index (χ1v) is 15.2. The lowest BCUT2D eigenvalue weighted by Gasteiger charge is -2.40. The monoisotopic (exact) mass is 651 g/mol. The van der Waals surface area contributed by atoms with E-state index in [4.69, 9.17) is 4.74 Å². The van der Waals surface area contributed by atoms with E-state index in [1.165, 1.54) is 11.0 Å². The van der Waals surface area contributed by atoms with Crippen molar-refractivity contribution >= 4 is 40.4 Å². The van der Waals surface area contributed by atoms with Crippen molar-refractivity contribution in [1.82, 2.24) is 25.1 Å². The van der Waals surface area contributed by atoms with Gasteiger partial charge in [0, 0.05) is 31.8 Å². The molecule has 1 aromatic heterocycles. The van der Waals surface area contributed by atoms with Crippen LogP contribution in [0.2, 0.25) is 0 Å². The molecule has 248 valence electrons. The first-order valence-electron chi connectivity index (χ1n) is 15.2. The molecule has 1 aromatic carbocycles. The maximum absolute atomic E-state index is 16.3. The third kappa shape index (κ3) is 5.93. The molecule has 16 heteroatoms. The Morgan fingerprint density at radius 2 is 1.78 bits per heavy atom. The quantitative estimate of drug-likeness (QED) is 0.433. The number of halogens is 5. The van der Waals surface area contributed by atoms with Gasteiger partial charge in [-0.2, -0.15) is 0 Å². The van der Waals surface area contributed by atoms with Crippen LogP contribution < -0.4 is 5.32 Å². The summed E-state index contributed by atoms with van der Waals surface area (Å²) in [6, 6.07) is 2.12. The van der Waals surface area contributed by atoms with Gasteiger partial charge in [0.2, 0.25) is 11.8 Å². The smallest absolute Gasteiger partial charge is 0.409 e. The minimum absolute atomic E-state index is 0.0598. The second-order valence-corrected chi connectivity index (χ2v) is 12.4. The average Bonchev–Trinajstić information content (AvgIpc) is 3.77. The molecule has 4 aliphatic rings. The fraction of sp³-hybridized carbons (Fsp3) is 0.600. The molecule has 2 N–H and O–H groups in total. The molecule has 3 aliphatic heterocycles. The zero-order valence-corrected chi connectivity index (χ0v) is 25.3. The molecular formula is C30H34F5N7O4. The van der Waals surface area contributed by atoms with Crippen molar-refractivity contribution in [2.24, 2.45) is 21.8 Å². The number of aliphatic imine (C=N–C) groups is 2. The van der Waals surface area contributed by atoms with Crippen LogP contribution in [0, 0.1) is 17.7 Å². The molecule has 2 aromatic rings. The number of amides is 3. The lowest BCUT2D eigenvalue weighted by molar-refractivity contribution is -0.169. The first kappa shape index (κ1) is 31.9. The number of methoxy groups -OCH3 is 1. The molecule has 0 spiro atoms. The van der Waals surface area contributed by atoms with Crippen LogP contribution in [0.25, 0.3) is 11.0 Å². The molecule has 11 nitrogen and oxygen atoms in total. The summed E-state index contributed by atoms with van der Waals surface area (Å²) in [7, 11) is 1.16. The SMILES string of the molecule is CCC1=NCN=C1C(=O)NC(c1nc2c(F)c(C3CN(C(=O)OC)CC3C(=O)N3CC(F)(F)C3)ccc2[nH]1)C1CCC(F)(F)CC1. The van der Waals surface area contributed by atoms with Gasteiger partial charge in [0.15, 0.2) is 5.82 Å². The number of aromatic amines is 1. The molecule has 0 radical (unpaired) electrons. The molecule has 6 rings (SSSR count). The third-order valence-corrected chi connectivity index (χ3v) is 9.39. The Labute approximate surface area is 260 Å². The molecule has 3 atom stereocenters. The highest BCUT2D eigenvalue weighted by atomic mass is 19.3. The van der Waals surface area contributed by atoms with Crippen LogP contribution in [0.3, 0.4) is 0 Å². The number of rotatable bonds is 7. The number of aromatic nitrogens is 2. The summed E-state index contributed by atoms with van der Waals surface area (Å²) in [6.45, 7) is 0.202. The zero-order valence-electron chi connectivity index (χ0n) is 25.3. The molecule has 2 saturated heterocycles. The number of imidazole rings is 1. The summed E-state index contributed by atoms with van der Waals surface area (Å²) in [5, 5.41) is 2.88. The number of nitrogens with zero attached hydrogens (tertiary/aromatic N) is 5. The van der Waals surface area contributed by atoms with Crippen molar-refractivity contribution < 1.29 is 41.1 Å². The molecular weight excluding hydrogens is 617 g/mol. The highest BCUT2D eigenvalue weighted by molar-refractivity contribution is 6.67. The Balaban J connectivity index is 1.32. The van der Waals surface area contributed by atoms with Crippen LogP contribution in [-0.2, 0) is 14.3 Å². The molecule has 3 unspecified atom stereocenters. The third-order valence-electron chi connectivity index (χ3n) is 9.39. The fourth-order valence-electron chi connectivity index (χ4n) is 6.91. The van der Waals surface area contributed by atoms with E-state index in [-0.39, 0.29) is 73.6 Å². The van der Waals surface area contributed by atoms with Gasteiger partial charge in [0.25, 0.3) is 11.8 Å². The van der Waals surface area contributed by atoms with Gasteiger partial charge in [0.1, 0.15) is 23.7 Å². The van der Waals surface area contributed by atoms with Crippen molar-refractivity contribution in [3.8, 4) is 0 Å². The second-order valence-electron chi connectivity index (χ2n) is 12.4. The van der Waals surface area contributed by atoms with Gasteiger partial charge in [-0.25, -0.2) is 31.7 Å². The minimum Gasteiger partial charge on any atom is -0.453 e. The van der Waals surface area contributed by atoms with Crippen molar-refractivity contribution in [3.05, 3.63) is 29.3 Å². The van der Waals surface area contributed by atoms with Crippen LogP contribution in [-0.4, -0.2) is 101 Å². The Kier molecular flexibility index (Phi) is 8.25. The Bertz CT molecular complexity index is 1610. The first-order chi connectivity index (χ1) is 21.8. The van der Waals surface area contributed by atoms with Crippen molar-refractivity contribution in [1.29, 1.82) is 0 Å². The second kappa shape index (κ2) is 11.9. The summed E-state index contributed by atoms with van der Waals surface area (Å²) >= 11 is 0. The van der Waals surface area contributed by atoms with Gasteiger partial charge in [-0.05, 0) is 36.8 Å². The number of carbonyl (C=O) groups excluding carboxylic acids is 3. The van der Waals surface area contributed by atoms with Crippen molar-refractivity contribution in [3.63, 3.8) is 0 Å². The molecule has 4 heterocycles. The number of hydrogen-bond donors (Lipinski definition) is 2. The number of likely N-dealkylation sites (tertiary alicyclic amines) is 2. The van der Waals surface area contributed by atoms with Gasteiger partial charge in [-0.1, -0.05) is 13.0 Å². The number of benzene rings is 1. The van der Waals surface area contributed by atoms with Gasteiger partial charge in [-0.15, -0.1) is 0 Å². The number of hydrogen-bond acceptors (Lipinski definition) is 7. The topological polar surface area (TPSA) is 132 Å². The number of carbonyl (C=O) groups is 3. The molecule has 3 amide bonds. The van der Waals surface area contributed by atoms with E-state index in [0.29, 0.717) is 12.1 Å². The van der Waals surface area contributed by atoms with Crippen LogP contribution in [0.15, 0.2) is 22.1 Å². The number of ether oxygens (including phenoxy) is 1. The number of fused-ring (bicyclic) bond motifs is 1. The van der Waals surface area contributed by atoms with E-state index in [9.17, 15) is 31.9 Å². The molecule has 46 heavy (non-hydrogen) atoms. The van der Waals surface area contributed by atoms with Crippen molar-refractivity contribution in [2.75, 3.05) is 40.0 Å². The van der Waals surface area contributed by atoms with Crippen LogP contribution in [0.1, 0.15) is 62.4 Å². The summed E-state index contributed by atoms with van der Waals surface area (Å²) in [5.41, 5.74) is 0.893. The van der Waals surface area contributed by atoms with E-state index >= 15 is 4.39 Å². The summed E-state index contributed by atoms with van der Waals surface area (Å²) in [6.07, 6.45) is -0.825. The minimum atomic E-state index is -3.00. The van der Waals surface area contributed by atoms with Crippen LogP contribution in [0.5, 0.6) is 0 Å². The van der Waals surface area contributed by atoms with Gasteiger partial charge in [0.05, 0.1) is 43.4 Å². The van der Waals surface area contributed by atoms with E-state index in [1.807, 2.05) is 6.92 Å². The average molecular weight is 652 g/mol. The van der Waals surface area contributed by atoms with Crippen molar-refractivity contribution in [2.45, 2.75) is 62.8 Å². The van der Waals surface area contributed by atoms with Gasteiger partial charge < -0.3 is 24.8 Å². The Morgan fingerprint density at radius 1 is 1.07 bits per heavy atom. The highest BCUT2D eigenvalue weighted by Crippen LogP contribution is 2.43. The van der Waals surface area contributed by atoms with E-state index in [2.05, 4.69) is 25.3 Å². The van der Waals surface area contributed by atoms with Gasteiger partial charge >= 0.3 is 6.09 Å². The molecule has 1 saturated carbocycles. The Morgan fingerprint density at radius 3 is 2.43 bits per heavy atom. The summed E-state index contributed by atoms with van der Waals surface area (Å²) in [5.74, 6) is -9.92. The normalized spacial score (nSPS) is 24.8. The fourth-order valence-corrected chi connectivity index (χ4v) is 6.91. The number of nitrogens with one attached hydrogen (secondary N) is 2. The van der Waals surface area contributed by atoms with Gasteiger partial charge in [-0.3, -0.25) is 19.6 Å². The Hall–Kier alpha value is -4.11. The standard InChI is InChI=1S/C30H34F5N7O4/c1-3-19-24(37-14-36-19)26(43)40-22(15-6-8-29(32,33)9-7-15)25-38-20-5-4-16(21(31)23(20)39-25)17-10-41(28(45)46-2)11-18(17)27(44)42-12-30(34,35)13-42/h4-5,15,17-18,22H,3,6-14H2,1-2H3,(H,38,39)(H,40,43). The largest absolute Gasteiger partial charge is 0.453 e. The molecule has 0 bridgehead atoms. The summed E-state index contributed by atoms with van der Waals surface area (Å²) in [4.78, 5) is 57.1. The highest BCUT2D eigenvalue weighted by Gasteiger charge is 2.51. The summed E-state index contributed by atoms with van der Waals surface area (Å²) < 4.78 is 76.4. The molecule has 3 fully saturated rings. The maximum atomic E-state index is 16.3. The molecule has 1 aliphatic carbocycles. The van der Waals surface area contributed by atoms with E-state index in [1.54, 1.807) is 6.07 Å². The zero-order chi connectivity index (χ0) is 33.0. The number of H-pyrrole nitrogens is 1. The van der Waals surface area contributed by atoms with E-state index < -0.39 is 72.5 Å². The van der Waals surface area contributed by atoms with E-state index in [0.717, 1.165) is 12.0 Å². The number of alkyl halides is 4. The van der Waals surface area contributed by atoms with Crippen LogP contribution in [0.4, 0.5) is 26.7 Å². The lowest BCUT2D eigenvalue weighted by Crippen LogP contribution is -2.60. The predicted octanol–water partition coefficient (Wildman–Crippen LogP) is 4.21. The predicted molar refractivity (Wildman–Crippen MR) is 156 cm³/mol. The maximum Gasteiger partial charge on any atom is 0.409 e. The lowest BCUT2D eigenvalue weighted by atomic mass is 9.81. The van der Waals surface area contributed by atoms with Crippen LogP contribution >= 0.6 is 0 Å².